The van der Waals surface area contributed by atoms with E-state index in [1.807, 2.05) is 47.8 Å². The number of hydrogen-bond donors (Lipinski definition) is 1. The fourth-order valence-electron chi connectivity index (χ4n) is 2.69. The van der Waals surface area contributed by atoms with Crippen LogP contribution in [0.1, 0.15) is 19.3 Å². The van der Waals surface area contributed by atoms with Crippen molar-refractivity contribution in [3.63, 3.8) is 0 Å². The molecule has 0 unspecified atom stereocenters. The van der Waals surface area contributed by atoms with Crippen molar-refractivity contribution in [2.24, 2.45) is 0 Å². The first-order valence-corrected chi connectivity index (χ1v) is 10.9. The van der Waals surface area contributed by atoms with Crippen LogP contribution < -0.4 is 5.84 Å². The number of rotatable bonds is 9. The van der Waals surface area contributed by atoms with E-state index in [1.165, 1.54) is 0 Å². The Balaban J connectivity index is 1.19. The van der Waals surface area contributed by atoms with Gasteiger partial charge in [-0.2, -0.15) is 4.80 Å². The SMILES string of the molecule is Nn1c(SCCCCCn2nnc(-c3ccccc3)n2)nnc1-c1cccs1. The number of aryl methyl sites for hydroxylation is 1. The lowest BCUT2D eigenvalue weighted by atomic mass is 10.2. The van der Waals surface area contributed by atoms with Crippen molar-refractivity contribution in [1.82, 2.24) is 35.1 Å². The van der Waals surface area contributed by atoms with Crippen LogP contribution in [-0.2, 0) is 6.54 Å². The van der Waals surface area contributed by atoms with E-state index in [1.54, 1.807) is 32.6 Å². The summed E-state index contributed by atoms with van der Waals surface area (Å²) in [5, 5.41) is 23.8. The predicted molar refractivity (Wildman–Crippen MR) is 111 cm³/mol. The Morgan fingerprint density at radius 2 is 1.86 bits per heavy atom. The summed E-state index contributed by atoms with van der Waals surface area (Å²) in [6.45, 7) is 0.764. The Hall–Kier alpha value is -2.72. The topological polar surface area (TPSA) is 100 Å². The van der Waals surface area contributed by atoms with Crippen molar-refractivity contribution in [3.05, 3.63) is 47.8 Å². The largest absolute Gasteiger partial charge is 0.335 e. The molecule has 1 aromatic carbocycles. The maximum absolute atomic E-state index is 6.11. The molecule has 0 bridgehead atoms. The summed E-state index contributed by atoms with van der Waals surface area (Å²) in [6, 6.07) is 13.9. The zero-order chi connectivity index (χ0) is 19.2. The van der Waals surface area contributed by atoms with E-state index in [2.05, 4.69) is 25.6 Å². The molecule has 3 aromatic heterocycles. The average molecular weight is 413 g/mol. The molecule has 0 aliphatic carbocycles. The fourth-order valence-corrected chi connectivity index (χ4v) is 4.25. The van der Waals surface area contributed by atoms with Crippen LogP contribution in [0.25, 0.3) is 22.1 Å². The van der Waals surface area contributed by atoms with Crippen LogP contribution in [0.3, 0.4) is 0 Å². The minimum atomic E-state index is 0.667. The molecule has 0 amide bonds. The molecule has 8 nitrogen and oxygen atoms in total. The molecule has 0 radical (unpaired) electrons. The molecule has 0 saturated carbocycles. The first-order valence-electron chi connectivity index (χ1n) is 9.01. The number of thioether (sulfide) groups is 1. The Morgan fingerprint density at radius 3 is 2.68 bits per heavy atom. The van der Waals surface area contributed by atoms with Gasteiger partial charge in [0.25, 0.3) is 0 Å². The average Bonchev–Trinajstić information content (AvgIpc) is 3.47. The summed E-state index contributed by atoms with van der Waals surface area (Å²) >= 11 is 3.24. The number of tetrazole rings is 1. The molecule has 0 aliphatic rings. The standard InChI is InChI=1S/C18H20N8S2/c19-26-17(15-10-7-13-27-15)21-22-18(26)28-12-6-2-5-11-25-23-16(20-24-25)14-8-3-1-4-9-14/h1,3-4,7-10,13H,2,5-6,11-12,19H2. The van der Waals surface area contributed by atoms with Crippen molar-refractivity contribution in [1.29, 1.82) is 0 Å². The maximum Gasteiger partial charge on any atom is 0.210 e. The lowest BCUT2D eigenvalue weighted by Crippen LogP contribution is -2.11. The molecular weight excluding hydrogens is 392 g/mol. The van der Waals surface area contributed by atoms with Gasteiger partial charge in [-0.25, -0.2) is 4.68 Å². The van der Waals surface area contributed by atoms with E-state index in [-0.39, 0.29) is 0 Å². The Labute approximate surface area is 170 Å². The maximum atomic E-state index is 6.11. The van der Waals surface area contributed by atoms with Crippen LogP contribution in [0.15, 0.2) is 53.0 Å². The second-order valence-corrected chi connectivity index (χ2v) is 8.15. The zero-order valence-corrected chi connectivity index (χ0v) is 16.8. The van der Waals surface area contributed by atoms with Crippen molar-refractivity contribution in [2.75, 3.05) is 11.6 Å². The first kappa shape index (κ1) is 18.6. The summed E-state index contributed by atoms with van der Waals surface area (Å²) in [5.74, 6) is 8.44. The van der Waals surface area contributed by atoms with Gasteiger partial charge in [0.05, 0.1) is 11.4 Å². The molecule has 0 aliphatic heterocycles. The zero-order valence-electron chi connectivity index (χ0n) is 15.2. The van der Waals surface area contributed by atoms with Crippen LogP contribution in [0.4, 0.5) is 0 Å². The summed E-state index contributed by atoms with van der Waals surface area (Å²) in [7, 11) is 0. The van der Waals surface area contributed by atoms with E-state index >= 15 is 0 Å². The molecule has 28 heavy (non-hydrogen) atoms. The second kappa shape index (κ2) is 8.98. The summed E-state index contributed by atoms with van der Waals surface area (Å²) in [6.07, 6.45) is 3.14. The number of hydrogen-bond acceptors (Lipinski definition) is 8. The molecule has 10 heteroatoms. The highest BCUT2D eigenvalue weighted by Crippen LogP contribution is 2.25. The smallest absolute Gasteiger partial charge is 0.210 e. The molecule has 0 fully saturated rings. The summed E-state index contributed by atoms with van der Waals surface area (Å²) in [4.78, 5) is 2.69. The minimum Gasteiger partial charge on any atom is -0.335 e. The predicted octanol–water partition coefficient (Wildman–Crippen LogP) is 3.34. The van der Waals surface area contributed by atoms with Gasteiger partial charge in [0.1, 0.15) is 0 Å². The van der Waals surface area contributed by atoms with Gasteiger partial charge in [-0.05, 0) is 29.5 Å². The van der Waals surface area contributed by atoms with Crippen molar-refractivity contribution >= 4 is 23.1 Å². The second-order valence-electron chi connectivity index (χ2n) is 6.14. The third kappa shape index (κ3) is 4.39. The number of nitrogens with two attached hydrogens (primary N) is 1. The van der Waals surface area contributed by atoms with Crippen LogP contribution >= 0.6 is 23.1 Å². The van der Waals surface area contributed by atoms with Crippen LogP contribution in [0.2, 0.25) is 0 Å². The van der Waals surface area contributed by atoms with Gasteiger partial charge >= 0.3 is 0 Å². The molecular formula is C18H20N8S2. The molecule has 0 spiro atoms. The van der Waals surface area contributed by atoms with Crippen molar-refractivity contribution in [2.45, 2.75) is 31.0 Å². The molecule has 4 rings (SSSR count). The fraction of sp³-hybridized carbons (Fsp3) is 0.278. The lowest BCUT2D eigenvalue weighted by molar-refractivity contribution is 0.487. The Bertz CT molecular complexity index is 994. The molecule has 2 N–H and O–H groups in total. The number of benzene rings is 1. The van der Waals surface area contributed by atoms with Gasteiger partial charge in [0.2, 0.25) is 11.0 Å². The van der Waals surface area contributed by atoms with Crippen molar-refractivity contribution in [3.8, 4) is 22.1 Å². The summed E-state index contributed by atoms with van der Waals surface area (Å²) < 4.78 is 1.57. The normalized spacial score (nSPS) is 11.1. The quantitative estimate of drug-likeness (QED) is 0.256. The van der Waals surface area contributed by atoms with Crippen LogP contribution in [-0.4, -0.2) is 40.8 Å². The Kier molecular flexibility index (Phi) is 5.98. The third-order valence-corrected chi connectivity index (χ3v) is 6.02. The first-order chi connectivity index (χ1) is 13.8. The highest BCUT2D eigenvalue weighted by atomic mass is 32.2. The van der Waals surface area contributed by atoms with Gasteiger partial charge in [-0.1, -0.05) is 54.6 Å². The van der Waals surface area contributed by atoms with E-state index in [9.17, 15) is 0 Å². The van der Waals surface area contributed by atoms with Crippen LogP contribution in [0.5, 0.6) is 0 Å². The number of aromatic nitrogens is 7. The van der Waals surface area contributed by atoms with E-state index in [0.717, 1.165) is 47.2 Å². The van der Waals surface area contributed by atoms with Gasteiger partial charge in [0.15, 0.2) is 5.82 Å². The highest BCUT2D eigenvalue weighted by molar-refractivity contribution is 7.99. The highest BCUT2D eigenvalue weighted by Gasteiger charge is 2.12. The summed E-state index contributed by atoms with van der Waals surface area (Å²) in [5.41, 5.74) is 0.984. The van der Waals surface area contributed by atoms with E-state index in [0.29, 0.717) is 11.6 Å². The van der Waals surface area contributed by atoms with Gasteiger partial charge < -0.3 is 5.84 Å². The van der Waals surface area contributed by atoms with E-state index < -0.39 is 0 Å². The van der Waals surface area contributed by atoms with Crippen LogP contribution in [0, 0.1) is 0 Å². The number of nitrogen functional groups attached to an aromatic ring is 1. The molecule has 0 saturated heterocycles. The Morgan fingerprint density at radius 1 is 0.964 bits per heavy atom. The number of thiophene rings is 1. The monoisotopic (exact) mass is 412 g/mol. The van der Waals surface area contributed by atoms with Gasteiger partial charge in [-0.15, -0.1) is 31.7 Å². The lowest BCUT2D eigenvalue weighted by Gasteiger charge is -2.03. The van der Waals surface area contributed by atoms with E-state index in [4.69, 9.17) is 5.84 Å². The van der Waals surface area contributed by atoms with Gasteiger partial charge in [-0.3, -0.25) is 0 Å². The number of unbranched alkanes of at least 4 members (excludes halogenated alkanes) is 2. The minimum absolute atomic E-state index is 0.667. The third-order valence-electron chi connectivity index (χ3n) is 4.12. The molecule has 3 heterocycles. The molecule has 144 valence electrons. The number of nitrogens with zero attached hydrogens (tertiary/aromatic N) is 7. The van der Waals surface area contributed by atoms with Crippen molar-refractivity contribution < 1.29 is 0 Å². The van der Waals surface area contributed by atoms with Gasteiger partial charge in [0, 0.05) is 11.3 Å². The molecule has 4 aromatic rings. The molecule has 0 atom stereocenters.